The zero-order valence-corrected chi connectivity index (χ0v) is 13.3. The second-order valence-corrected chi connectivity index (χ2v) is 6.18. The van der Waals surface area contributed by atoms with Gasteiger partial charge in [0, 0.05) is 18.8 Å². The number of benzene rings is 1. The summed E-state index contributed by atoms with van der Waals surface area (Å²) in [6, 6.07) is 12.1. The molecule has 0 bridgehead atoms. The van der Waals surface area contributed by atoms with Crippen molar-refractivity contribution < 1.29 is 4.74 Å². The van der Waals surface area contributed by atoms with Crippen LogP contribution in [-0.4, -0.2) is 11.5 Å². The van der Waals surface area contributed by atoms with Crippen LogP contribution in [0.4, 0.5) is 5.82 Å². The van der Waals surface area contributed by atoms with Crippen LogP contribution in [0.2, 0.25) is 0 Å². The van der Waals surface area contributed by atoms with Gasteiger partial charge < -0.3 is 10.1 Å². The van der Waals surface area contributed by atoms with E-state index in [-0.39, 0.29) is 5.41 Å². The van der Waals surface area contributed by atoms with Crippen LogP contribution in [0, 0.1) is 0 Å². The Morgan fingerprint density at radius 2 is 1.76 bits per heavy atom. The zero-order chi connectivity index (χ0) is 15.3. The summed E-state index contributed by atoms with van der Waals surface area (Å²) in [4.78, 5) is 4.27. The number of nitrogens with zero attached hydrogens (tertiary/aromatic N) is 1. The highest BCUT2D eigenvalue weighted by atomic mass is 16.5. The second kappa shape index (κ2) is 6.61. The van der Waals surface area contributed by atoms with Gasteiger partial charge in [-0.3, -0.25) is 0 Å². The molecule has 0 radical (unpaired) electrons. The first-order chi connectivity index (χ1) is 9.99. The Morgan fingerprint density at radius 3 is 2.38 bits per heavy atom. The van der Waals surface area contributed by atoms with Gasteiger partial charge >= 0.3 is 0 Å². The van der Waals surface area contributed by atoms with Crippen LogP contribution in [0.1, 0.15) is 39.7 Å². The van der Waals surface area contributed by atoms with Crippen molar-refractivity contribution in [2.24, 2.45) is 0 Å². The molecule has 2 rings (SSSR count). The molecule has 112 valence electrons. The molecule has 0 aliphatic heterocycles. The van der Waals surface area contributed by atoms with Crippen LogP contribution in [0.15, 0.2) is 42.6 Å². The van der Waals surface area contributed by atoms with Gasteiger partial charge in [0.15, 0.2) is 0 Å². The molecular formula is C18H24N2O. The van der Waals surface area contributed by atoms with Crippen LogP contribution in [0.5, 0.6) is 11.5 Å². The van der Waals surface area contributed by atoms with Crippen LogP contribution in [0.25, 0.3) is 0 Å². The minimum Gasteiger partial charge on any atom is -0.457 e. The number of rotatable bonds is 5. The van der Waals surface area contributed by atoms with Crippen LogP contribution >= 0.6 is 0 Å². The Labute approximate surface area is 127 Å². The SMILES string of the molecule is CCCNc1cc(Oc2ccc(C(C)(C)C)cc2)ccn1. The molecule has 0 aliphatic carbocycles. The molecule has 3 heteroatoms. The summed E-state index contributed by atoms with van der Waals surface area (Å²) in [5.41, 5.74) is 1.46. The van der Waals surface area contributed by atoms with E-state index in [1.54, 1.807) is 6.20 Å². The maximum atomic E-state index is 5.89. The lowest BCUT2D eigenvalue weighted by molar-refractivity contribution is 0.481. The van der Waals surface area contributed by atoms with E-state index in [9.17, 15) is 0 Å². The molecule has 0 aliphatic rings. The van der Waals surface area contributed by atoms with Crippen molar-refractivity contribution in [1.82, 2.24) is 4.98 Å². The number of ether oxygens (including phenoxy) is 1. The molecule has 0 fully saturated rings. The third-order valence-corrected chi connectivity index (χ3v) is 3.24. The highest BCUT2D eigenvalue weighted by Gasteiger charge is 2.13. The minimum atomic E-state index is 0.159. The first kappa shape index (κ1) is 15.4. The summed E-state index contributed by atoms with van der Waals surface area (Å²) in [5, 5.41) is 3.26. The average Bonchev–Trinajstić information content (AvgIpc) is 2.45. The maximum absolute atomic E-state index is 5.89. The molecule has 0 amide bonds. The molecule has 0 atom stereocenters. The van der Waals surface area contributed by atoms with Gasteiger partial charge in [0.25, 0.3) is 0 Å². The van der Waals surface area contributed by atoms with E-state index in [0.717, 1.165) is 30.3 Å². The molecule has 1 N–H and O–H groups in total. The Morgan fingerprint density at radius 1 is 1.05 bits per heavy atom. The minimum absolute atomic E-state index is 0.159. The monoisotopic (exact) mass is 284 g/mol. The zero-order valence-electron chi connectivity index (χ0n) is 13.3. The second-order valence-electron chi connectivity index (χ2n) is 6.18. The standard InChI is InChI=1S/C18H24N2O/c1-5-11-19-17-13-16(10-12-20-17)21-15-8-6-14(7-9-15)18(2,3)4/h6-10,12-13H,5,11H2,1-4H3,(H,19,20). The van der Waals surface area contributed by atoms with E-state index < -0.39 is 0 Å². The van der Waals surface area contributed by atoms with E-state index >= 15 is 0 Å². The summed E-state index contributed by atoms with van der Waals surface area (Å²) in [6.07, 6.45) is 2.83. The van der Waals surface area contributed by atoms with Crippen molar-refractivity contribution in [3.05, 3.63) is 48.2 Å². The number of pyridine rings is 1. The fourth-order valence-electron chi connectivity index (χ4n) is 1.98. The number of anilines is 1. The molecule has 1 aromatic heterocycles. The lowest BCUT2D eigenvalue weighted by Crippen LogP contribution is -2.10. The van der Waals surface area contributed by atoms with Gasteiger partial charge in [0.2, 0.25) is 0 Å². The Balaban J connectivity index is 2.07. The fraction of sp³-hybridized carbons (Fsp3) is 0.389. The quantitative estimate of drug-likeness (QED) is 0.839. The Kier molecular flexibility index (Phi) is 4.84. The van der Waals surface area contributed by atoms with Crippen LogP contribution < -0.4 is 10.1 Å². The molecule has 3 nitrogen and oxygen atoms in total. The summed E-state index contributed by atoms with van der Waals surface area (Å²) in [7, 11) is 0. The van der Waals surface area contributed by atoms with Gasteiger partial charge in [-0.1, -0.05) is 39.8 Å². The van der Waals surface area contributed by atoms with E-state index in [4.69, 9.17) is 4.74 Å². The van der Waals surface area contributed by atoms with E-state index in [0.29, 0.717) is 0 Å². The predicted octanol–water partition coefficient (Wildman–Crippen LogP) is 4.99. The molecule has 21 heavy (non-hydrogen) atoms. The average molecular weight is 284 g/mol. The summed E-state index contributed by atoms with van der Waals surface area (Å²) in [5.74, 6) is 2.49. The first-order valence-electron chi connectivity index (χ1n) is 7.47. The summed E-state index contributed by atoms with van der Waals surface area (Å²) >= 11 is 0. The van der Waals surface area contributed by atoms with Crippen molar-refractivity contribution in [3.63, 3.8) is 0 Å². The summed E-state index contributed by atoms with van der Waals surface area (Å²) in [6.45, 7) is 9.66. The van der Waals surface area contributed by atoms with Gasteiger partial charge in [-0.25, -0.2) is 4.98 Å². The molecule has 2 aromatic rings. The number of aromatic nitrogens is 1. The van der Waals surface area contributed by atoms with Gasteiger partial charge in [0.05, 0.1) is 0 Å². The third-order valence-electron chi connectivity index (χ3n) is 3.24. The van der Waals surface area contributed by atoms with Crippen molar-refractivity contribution in [3.8, 4) is 11.5 Å². The van der Waals surface area contributed by atoms with Crippen molar-refractivity contribution in [1.29, 1.82) is 0 Å². The molecule has 0 saturated heterocycles. The Bertz CT molecular complexity index is 571. The highest BCUT2D eigenvalue weighted by Crippen LogP contribution is 2.27. The van der Waals surface area contributed by atoms with E-state index in [1.807, 2.05) is 24.3 Å². The van der Waals surface area contributed by atoms with Gasteiger partial charge in [0.1, 0.15) is 17.3 Å². The largest absolute Gasteiger partial charge is 0.457 e. The predicted molar refractivity (Wildman–Crippen MR) is 88.2 cm³/mol. The summed E-state index contributed by atoms with van der Waals surface area (Å²) < 4.78 is 5.89. The van der Waals surface area contributed by atoms with Crippen molar-refractivity contribution in [2.75, 3.05) is 11.9 Å². The Hall–Kier alpha value is -2.03. The van der Waals surface area contributed by atoms with Gasteiger partial charge in [-0.15, -0.1) is 0 Å². The molecule has 0 saturated carbocycles. The molecule has 1 aromatic carbocycles. The first-order valence-corrected chi connectivity index (χ1v) is 7.47. The van der Waals surface area contributed by atoms with Crippen molar-refractivity contribution in [2.45, 2.75) is 39.5 Å². The number of nitrogens with one attached hydrogen (secondary N) is 1. The molecule has 1 heterocycles. The highest BCUT2D eigenvalue weighted by molar-refractivity contribution is 5.42. The number of hydrogen-bond acceptors (Lipinski definition) is 3. The van der Waals surface area contributed by atoms with Crippen LogP contribution in [-0.2, 0) is 5.41 Å². The maximum Gasteiger partial charge on any atom is 0.132 e. The normalized spacial score (nSPS) is 11.2. The molecule has 0 spiro atoms. The van der Waals surface area contributed by atoms with Crippen molar-refractivity contribution >= 4 is 5.82 Å². The van der Waals surface area contributed by atoms with Crippen LogP contribution in [0.3, 0.4) is 0 Å². The van der Waals surface area contributed by atoms with E-state index in [2.05, 4.69) is 50.1 Å². The molecular weight excluding hydrogens is 260 g/mol. The van der Waals surface area contributed by atoms with Gasteiger partial charge in [-0.05, 0) is 35.6 Å². The molecule has 0 unspecified atom stereocenters. The lowest BCUT2D eigenvalue weighted by atomic mass is 9.87. The smallest absolute Gasteiger partial charge is 0.132 e. The van der Waals surface area contributed by atoms with Gasteiger partial charge in [-0.2, -0.15) is 0 Å². The lowest BCUT2D eigenvalue weighted by Gasteiger charge is -2.19. The number of hydrogen-bond donors (Lipinski definition) is 1. The fourth-order valence-corrected chi connectivity index (χ4v) is 1.98. The third kappa shape index (κ3) is 4.48. The topological polar surface area (TPSA) is 34.1 Å². The van der Waals surface area contributed by atoms with E-state index in [1.165, 1.54) is 5.56 Å².